The monoisotopic (exact) mass is 324 g/mol. The maximum atomic E-state index is 12.6. The molecule has 0 N–H and O–H groups in total. The predicted octanol–water partition coefficient (Wildman–Crippen LogP) is 1.31. The fourth-order valence-corrected chi connectivity index (χ4v) is 3.11. The second-order valence-corrected chi connectivity index (χ2v) is 5.66. The SMILES string of the molecule is COc1ccc(N2C(=O)CC(N3CCOCC3)C2=O)cc1Cl. The Morgan fingerprint density at radius 1 is 1.27 bits per heavy atom. The van der Waals surface area contributed by atoms with Gasteiger partial charge in [0.25, 0.3) is 5.91 Å². The number of morpholine rings is 1. The Morgan fingerprint density at radius 3 is 2.64 bits per heavy atom. The number of anilines is 1. The first-order valence-electron chi connectivity index (χ1n) is 7.14. The van der Waals surface area contributed by atoms with Crippen LogP contribution in [0.3, 0.4) is 0 Å². The molecule has 0 spiro atoms. The van der Waals surface area contributed by atoms with Crippen molar-refractivity contribution in [1.29, 1.82) is 0 Å². The summed E-state index contributed by atoms with van der Waals surface area (Å²) in [6.45, 7) is 2.51. The molecule has 118 valence electrons. The van der Waals surface area contributed by atoms with E-state index in [0.29, 0.717) is 42.8 Å². The molecule has 0 aliphatic carbocycles. The van der Waals surface area contributed by atoms with E-state index < -0.39 is 6.04 Å². The first-order chi connectivity index (χ1) is 10.6. The minimum atomic E-state index is -0.405. The smallest absolute Gasteiger partial charge is 0.251 e. The molecule has 3 rings (SSSR count). The summed E-state index contributed by atoms with van der Waals surface area (Å²) in [5, 5.41) is 0.371. The topological polar surface area (TPSA) is 59.1 Å². The number of carbonyl (C=O) groups is 2. The highest BCUT2D eigenvalue weighted by atomic mass is 35.5. The zero-order chi connectivity index (χ0) is 15.7. The molecule has 1 unspecified atom stereocenters. The third kappa shape index (κ3) is 2.69. The molecule has 2 aliphatic rings. The number of benzene rings is 1. The van der Waals surface area contributed by atoms with Gasteiger partial charge in [-0.15, -0.1) is 0 Å². The van der Waals surface area contributed by atoms with Crippen molar-refractivity contribution in [1.82, 2.24) is 4.90 Å². The Balaban J connectivity index is 1.83. The van der Waals surface area contributed by atoms with Crippen LogP contribution in [0.2, 0.25) is 5.02 Å². The number of amides is 2. The third-order valence-electron chi connectivity index (χ3n) is 4.00. The lowest BCUT2D eigenvalue weighted by Gasteiger charge is -2.30. The number of imide groups is 1. The van der Waals surface area contributed by atoms with E-state index >= 15 is 0 Å². The van der Waals surface area contributed by atoms with Crippen LogP contribution in [0, 0.1) is 0 Å². The van der Waals surface area contributed by atoms with Crippen LogP contribution >= 0.6 is 11.6 Å². The molecule has 0 bridgehead atoms. The van der Waals surface area contributed by atoms with E-state index in [-0.39, 0.29) is 18.2 Å². The van der Waals surface area contributed by atoms with Gasteiger partial charge >= 0.3 is 0 Å². The van der Waals surface area contributed by atoms with Crippen LogP contribution in [0.4, 0.5) is 5.69 Å². The van der Waals surface area contributed by atoms with Gasteiger partial charge in [-0.05, 0) is 18.2 Å². The second kappa shape index (κ2) is 6.24. The molecule has 7 heteroatoms. The molecule has 1 atom stereocenters. The van der Waals surface area contributed by atoms with E-state index in [1.54, 1.807) is 18.2 Å². The molecule has 6 nitrogen and oxygen atoms in total. The van der Waals surface area contributed by atoms with Crippen LogP contribution in [0.15, 0.2) is 18.2 Å². The van der Waals surface area contributed by atoms with E-state index in [2.05, 4.69) is 0 Å². The lowest BCUT2D eigenvalue weighted by molar-refractivity contribution is -0.123. The van der Waals surface area contributed by atoms with Gasteiger partial charge < -0.3 is 9.47 Å². The molecular formula is C15H17ClN2O4. The van der Waals surface area contributed by atoms with Gasteiger partial charge in [0.05, 0.1) is 43.5 Å². The van der Waals surface area contributed by atoms with E-state index in [1.807, 2.05) is 4.90 Å². The van der Waals surface area contributed by atoms with Crippen LogP contribution in [0.5, 0.6) is 5.75 Å². The van der Waals surface area contributed by atoms with Gasteiger partial charge in [-0.1, -0.05) is 11.6 Å². The average Bonchev–Trinajstić information content (AvgIpc) is 2.83. The quantitative estimate of drug-likeness (QED) is 0.785. The van der Waals surface area contributed by atoms with Crippen LogP contribution < -0.4 is 9.64 Å². The number of methoxy groups -OCH3 is 1. The van der Waals surface area contributed by atoms with Gasteiger partial charge in [-0.25, -0.2) is 4.90 Å². The fourth-order valence-electron chi connectivity index (χ4n) is 2.86. The summed E-state index contributed by atoms with van der Waals surface area (Å²) in [7, 11) is 1.52. The predicted molar refractivity (Wildman–Crippen MR) is 81.3 cm³/mol. The van der Waals surface area contributed by atoms with Gasteiger partial charge in [-0.2, -0.15) is 0 Å². The van der Waals surface area contributed by atoms with Gasteiger partial charge in [0.1, 0.15) is 5.75 Å². The number of carbonyl (C=O) groups excluding carboxylic acids is 2. The van der Waals surface area contributed by atoms with E-state index in [1.165, 1.54) is 12.0 Å². The largest absolute Gasteiger partial charge is 0.495 e. The number of halogens is 1. The summed E-state index contributed by atoms with van der Waals surface area (Å²) in [5.41, 5.74) is 0.483. The highest BCUT2D eigenvalue weighted by Crippen LogP contribution is 2.32. The van der Waals surface area contributed by atoms with Crippen LogP contribution in [0.25, 0.3) is 0 Å². The van der Waals surface area contributed by atoms with Gasteiger partial charge in [0, 0.05) is 13.1 Å². The minimum Gasteiger partial charge on any atom is -0.495 e. The summed E-state index contributed by atoms with van der Waals surface area (Å²) >= 11 is 6.09. The van der Waals surface area contributed by atoms with Crippen molar-refractivity contribution in [2.24, 2.45) is 0 Å². The van der Waals surface area contributed by atoms with Crippen molar-refractivity contribution in [3.8, 4) is 5.75 Å². The zero-order valence-corrected chi connectivity index (χ0v) is 13.0. The lowest BCUT2D eigenvalue weighted by atomic mass is 10.2. The second-order valence-electron chi connectivity index (χ2n) is 5.25. The zero-order valence-electron chi connectivity index (χ0n) is 12.3. The maximum Gasteiger partial charge on any atom is 0.251 e. The first-order valence-corrected chi connectivity index (χ1v) is 7.51. The molecule has 22 heavy (non-hydrogen) atoms. The highest BCUT2D eigenvalue weighted by Gasteiger charge is 2.43. The third-order valence-corrected chi connectivity index (χ3v) is 4.30. The Hall–Kier alpha value is -1.63. The van der Waals surface area contributed by atoms with Crippen LogP contribution in [-0.4, -0.2) is 56.2 Å². The molecule has 2 fully saturated rings. The summed E-state index contributed by atoms with van der Waals surface area (Å²) in [6.07, 6.45) is 0.197. The Morgan fingerprint density at radius 2 is 2.00 bits per heavy atom. The summed E-state index contributed by atoms with van der Waals surface area (Å²) < 4.78 is 10.4. The van der Waals surface area contributed by atoms with Gasteiger partial charge in [0.2, 0.25) is 5.91 Å². The summed E-state index contributed by atoms with van der Waals surface area (Å²) in [6, 6.07) is 4.50. The summed E-state index contributed by atoms with van der Waals surface area (Å²) in [4.78, 5) is 28.1. The molecular weight excluding hydrogens is 308 g/mol. The van der Waals surface area contributed by atoms with Crippen molar-refractivity contribution < 1.29 is 19.1 Å². The van der Waals surface area contributed by atoms with Crippen molar-refractivity contribution in [2.45, 2.75) is 12.5 Å². The lowest BCUT2D eigenvalue weighted by Crippen LogP contribution is -2.47. The Kier molecular flexibility index (Phi) is 4.33. The fraction of sp³-hybridized carbons (Fsp3) is 0.467. The molecule has 0 saturated carbocycles. The molecule has 2 saturated heterocycles. The molecule has 0 aromatic heterocycles. The van der Waals surface area contributed by atoms with Crippen LogP contribution in [0.1, 0.15) is 6.42 Å². The standard InChI is InChI=1S/C15H17ClN2O4/c1-21-13-3-2-10(8-11(13)16)18-14(19)9-12(15(18)20)17-4-6-22-7-5-17/h2-3,8,12H,4-7,9H2,1H3. The number of nitrogens with zero attached hydrogens (tertiary/aromatic N) is 2. The van der Waals surface area contributed by atoms with Crippen molar-refractivity contribution >= 4 is 29.1 Å². The first kappa shape index (κ1) is 15.3. The molecule has 2 aliphatic heterocycles. The van der Waals surface area contributed by atoms with Crippen molar-refractivity contribution in [3.63, 3.8) is 0 Å². The number of rotatable bonds is 3. The number of hydrogen-bond donors (Lipinski definition) is 0. The number of hydrogen-bond acceptors (Lipinski definition) is 5. The molecule has 2 amide bonds. The van der Waals surface area contributed by atoms with Crippen molar-refractivity contribution in [3.05, 3.63) is 23.2 Å². The van der Waals surface area contributed by atoms with E-state index in [0.717, 1.165) is 0 Å². The van der Waals surface area contributed by atoms with Crippen LogP contribution in [-0.2, 0) is 14.3 Å². The van der Waals surface area contributed by atoms with Crippen molar-refractivity contribution in [2.75, 3.05) is 38.3 Å². The number of ether oxygens (including phenoxy) is 2. The van der Waals surface area contributed by atoms with E-state index in [4.69, 9.17) is 21.1 Å². The van der Waals surface area contributed by atoms with Gasteiger partial charge in [0.15, 0.2) is 0 Å². The molecule has 2 heterocycles. The normalized spacial score (nSPS) is 23.2. The van der Waals surface area contributed by atoms with E-state index in [9.17, 15) is 9.59 Å². The highest BCUT2D eigenvalue weighted by molar-refractivity contribution is 6.33. The molecule has 1 aromatic carbocycles. The van der Waals surface area contributed by atoms with Gasteiger partial charge in [-0.3, -0.25) is 14.5 Å². The summed E-state index contributed by atoms with van der Waals surface area (Å²) in [5.74, 6) is 0.102. The average molecular weight is 325 g/mol. The Labute approximate surface area is 133 Å². The minimum absolute atomic E-state index is 0.197. The molecule has 0 radical (unpaired) electrons. The Bertz CT molecular complexity index is 601. The maximum absolute atomic E-state index is 12.6. The molecule has 1 aromatic rings.